The first-order valence-corrected chi connectivity index (χ1v) is 5.46. The van der Waals surface area contributed by atoms with Crippen LogP contribution in [0, 0.1) is 0 Å². The van der Waals surface area contributed by atoms with Gasteiger partial charge >= 0.3 is 15.4 Å². The van der Waals surface area contributed by atoms with Gasteiger partial charge in [-0.1, -0.05) is 6.58 Å². The van der Waals surface area contributed by atoms with Crippen LogP contribution in [0.4, 0.5) is 0 Å². The molecule has 1 rings (SSSR count). The molecule has 0 aromatic rings. The van der Waals surface area contributed by atoms with Crippen molar-refractivity contribution in [2.75, 3.05) is 0 Å². The Bertz CT molecular complexity index is 291. The third kappa shape index (κ3) is 1.50. The number of hydrogen-bond donors (Lipinski definition) is 1. The molecule has 1 fully saturated rings. The van der Waals surface area contributed by atoms with Crippen LogP contribution in [0.3, 0.4) is 0 Å². The number of carbonyl (C=O) groups is 1. The van der Waals surface area contributed by atoms with Gasteiger partial charge in [-0.2, -0.15) is 0 Å². The maximum absolute atomic E-state index is 10.8. The quantitative estimate of drug-likeness (QED) is 0.526. The summed E-state index contributed by atoms with van der Waals surface area (Å²) in [7, 11) is -8.16. The molecule has 0 aliphatic carbocycles. The fourth-order valence-electron chi connectivity index (χ4n) is 0.470. The Hall–Kier alpha value is -0.250. The largest absolute Gasteiger partial charge is 0.487 e. The van der Waals surface area contributed by atoms with Gasteiger partial charge in [0.05, 0.1) is 0 Å². The fourth-order valence-corrected chi connectivity index (χ4v) is 3.56. The molecule has 0 amide bonds. The molecular formula is C3H4O6P2. The van der Waals surface area contributed by atoms with Crippen LogP contribution in [0.1, 0.15) is 0 Å². The topological polar surface area (TPSA) is 89.9 Å². The van der Waals surface area contributed by atoms with E-state index in [1.54, 1.807) is 0 Å². The van der Waals surface area contributed by atoms with Crippen LogP contribution in [-0.2, 0) is 22.5 Å². The van der Waals surface area contributed by atoms with Crippen LogP contribution in [0.25, 0.3) is 0 Å². The zero-order valence-corrected chi connectivity index (χ0v) is 6.96. The monoisotopic (exact) mass is 198 g/mol. The molecule has 1 aliphatic heterocycles. The van der Waals surface area contributed by atoms with E-state index in [2.05, 4.69) is 15.2 Å². The third-order valence-electron chi connectivity index (χ3n) is 0.866. The van der Waals surface area contributed by atoms with Crippen molar-refractivity contribution in [3.8, 4) is 0 Å². The highest BCUT2D eigenvalue weighted by molar-refractivity contribution is 7.87. The molecule has 1 N–H and O–H groups in total. The van der Waals surface area contributed by atoms with Gasteiger partial charge in [-0.15, -0.1) is 0 Å². The molecule has 62 valence electrons. The molecule has 11 heavy (non-hydrogen) atoms. The molecule has 1 aliphatic rings. The van der Waals surface area contributed by atoms with E-state index in [9.17, 15) is 13.9 Å². The SMILES string of the molecule is C=CC(=O)P1(=O)OP(=O)(O)O1. The molecule has 0 atom stereocenters. The Morgan fingerprint density at radius 3 is 2.18 bits per heavy atom. The smallest absolute Gasteiger partial charge is 0.302 e. The predicted octanol–water partition coefficient (Wildman–Crippen LogP) is 1.04. The summed E-state index contributed by atoms with van der Waals surface area (Å²) in [6.45, 7) is 3.00. The molecule has 0 aromatic heterocycles. The first kappa shape index (κ1) is 8.84. The van der Waals surface area contributed by atoms with Crippen LogP contribution in [0.5, 0.6) is 0 Å². The van der Waals surface area contributed by atoms with Gasteiger partial charge in [-0.3, -0.25) is 4.79 Å². The van der Waals surface area contributed by atoms with Gasteiger partial charge in [0.1, 0.15) is 0 Å². The molecule has 1 saturated heterocycles. The maximum Gasteiger partial charge on any atom is 0.487 e. The Morgan fingerprint density at radius 1 is 1.45 bits per heavy atom. The lowest BCUT2D eigenvalue weighted by Crippen LogP contribution is -2.11. The lowest BCUT2D eigenvalue weighted by atomic mass is 10.7. The second-order valence-corrected chi connectivity index (χ2v) is 5.35. The second kappa shape index (κ2) is 2.37. The van der Waals surface area contributed by atoms with Crippen LogP contribution < -0.4 is 0 Å². The zero-order valence-electron chi connectivity index (χ0n) is 5.17. The minimum atomic E-state index is -4.19. The van der Waals surface area contributed by atoms with Crippen molar-refractivity contribution in [1.82, 2.24) is 0 Å². The van der Waals surface area contributed by atoms with Crippen molar-refractivity contribution < 1.29 is 27.4 Å². The van der Waals surface area contributed by atoms with E-state index >= 15 is 0 Å². The average Bonchev–Trinajstić information content (AvgIpc) is 1.81. The lowest BCUT2D eigenvalue weighted by molar-refractivity contribution is -0.109. The number of hydrogen-bond acceptors (Lipinski definition) is 5. The van der Waals surface area contributed by atoms with Crippen molar-refractivity contribution in [3.05, 3.63) is 12.7 Å². The Labute approximate surface area is 62.0 Å². The number of phosphoric acid groups is 1. The maximum atomic E-state index is 10.8. The fraction of sp³-hybridized carbons (Fsp3) is 0. The highest BCUT2D eigenvalue weighted by Gasteiger charge is 2.56. The molecule has 0 bridgehead atoms. The third-order valence-corrected chi connectivity index (χ3v) is 4.96. The molecule has 8 heteroatoms. The van der Waals surface area contributed by atoms with E-state index in [0.29, 0.717) is 6.08 Å². The predicted molar refractivity (Wildman–Crippen MR) is 34.8 cm³/mol. The molecule has 0 radical (unpaired) electrons. The lowest BCUT2D eigenvalue weighted by Gasteiger charge is -2.26. The minimum absolute atomic E-state index is 0.708. The second-order valence-electron chi connectivity index (χ2n) is 1.67. The van der Waals surface area contributed by atoms with Crippen molar-refractivity contribution in [1.29, 1.82) is 0 Å². The standard InChI is InChI=1S/C3H4O6P2/c1-2-3(4)10(5)8-11(6,7)9-10/h2H,1H2,(H,6,7). The highest BCUT2D eigenvalue weighted by Crippen LogP contribution is 2.80. The van der Waals surface area contributed by atoms with E-state index < -0.39 is 20.9 Å². The summed E-state index contributed by atoms with van der Waals surface area (Å²) in [6, 6.07) is 0. The first-order chi connectivity index (χ1) is 4.90. The molecule has 0 aromatic carbocycles. The van der Waals surface area contributed by atoms with Crippen molar-refractivity contribution >= 4 is 20.9 Å². The van der Waals surface area contributed by atoms with Crippen LogP contribution in [0.15, 0.2) is 12.7 Å². The number of carbonyl (C=O) groups excluding carboxylic acids is 1. The van der Waals surface area contributed by atoms with Crippen LogP contribution >= 0.6 is 15.4 Å². The summed E-state index contributed by atoms with van der Waals surface area (Å²) in [5, 5.41) is 0. The van der Waals surface area contributed by atoms with Crippen LogP contribution in [0.2, 0.25) is 0 Å². The molecule has 0 saturated carbocycles. The summed E-state index contributed by atoms with van der Waals surface area (Å²) in [5.41, 5.74) is -1.02. The van der Waals surface area contributed by atoms with Crippen LogP contribution in [-0.4, -0.2) is 10.4 Å². The van der Waals surface area contributed by atoms with E-state index in [4.69, 9.17) is 4.89 Å². The summed E-state index contributed by atoms with van der Waals surface area (Å²) >= 11 is 0. The molecule has 6 nitrogen and oxygen atoms in total. The highest BCUT2D eigenvalue weighted by atomic mass is 31.3. The normalized spacial score (nSPS) is 42.6. The van der Waals surface area contributed by atoms with E-state index in [1.807, 2.05) is 0 Å². The van der Waals surface area contributed by atoms with Gasteiger partial charge in [0.25, 0.3) is 5.52 Å². The Morgan fingerprint density at radius 2 is 1.91 bits per heavy atom. The minimum Gasteiger partial charge on any atom is -0.302 e. The Kier molecular flexibility index (Phi) is 1.90. The Balaban J connectivity index is 2.79. The molecular weight excluding hydrogens is 194 g/mol. The van der Waals surface area contributed by atoms with Gasteiger partial charge in [0.15, 0.2) is 0 Å². The molecule has 0 unspecified atom stereocenters. The molecule has 1 heterocycles. The van der Waals surface area contributed by atoms with E-state index in [0.717, 1.165) is 0 Å². The van der Waals surface area contributed by atoms with Gasteiger partial charge in [0.2, 0.25) is 0 Å². The van der Waals surface area contributed by atoms with E-state index in [1.165, 1.54) is 0 Å². The van der Waals surface area contributed by atoms with Crippen molar-refractivity contribution in [2.24, 2.45) is 0 Å². The first-order valence-electron chi connectivity index (χ1n) is 2.42. The summed E-state index contributed by atoms with van der Waals surface area (Å²) < 4.78 is 28.9. The average molecular weight is 198 g/mol. The zero-order chi connectivity index (χ0) is 8.70. The summed E-state index contributed by atoms with van der Waals surface area (Å²) in [4.78, 5) is 18.9. The van der Waals surface area contributed by atoms with Gasteiger partial charge in [-0.05, 0) is 6.08 Å². The van der Waals surface area contributed by atoms with Gasteiger partial charge < -0.3 is 4.89 Å². The van der Waals surface area contributed by atoms with Crippen molar-refractivity contribution in [2.45, 2.75) is 0 Å². The molecule has 0 spiro atoms. The number of allylic oxidation sites excluding steroid dienone is 1. The van der Waals surface area contributed by atoms with Gasteiger partial charge in [0, 0.05) is 0 Å². The number of rotatable bonds is 2. The summed E-state index contributed by atoms with van der Waals surface area (Å²) in [6.07, 6.45) is 0.708. The van der Waals surface area contributed by atoms with E-state index in [-0.39, 0.29) is 0 Å². The van der Waals surface area contributed by atoms with Gasteiger partial charge in [-0.25, -0.2) is 17.8 Å². The van der Waals surface area contributed by atoms with Crippen molar-refractivity contribution in [3.63, 3.8) is 0 Å². The summed E-state index contributed by atoms with van der Waals surface area (Å²) in [5.74, 6) is 0.